The summed E-state index contributed by atoms with van der Waals surface area (Å²) >= 11 is 0. The van der Waals surface area contributed by atoms with Crippen LogP contribution >= 0.6 is 0 Å². The highest BCUT2D eigenvalue weighted by molar-refractivity contribution is 5.91. The summed E-state index contributed by atoms with van der Waals surface area (Å²) in [6, 6.07) is 5.98. The Hall–Kier alpha value is -2.61. The molecule has 0 fully saturated rings. The van der Waals surface area contributed by atoms with Crippen LogP contribution in [0.4, 0.5) is 5.69 Å². The summed E-state index contributed by atoms with van der Waals surface area (Å²) in [4.78, 5) is 21.5. The predicted molar refractivity (Wildman–Crippen MR) is 77.8 cm³/mol. The third kappa shape index (κ3) is 5.83. The van der Waals surface area contributed by atoms with Crippen LogP contribution in [0, 0.1) is 22.5 Å². The lowest BCUT2D eigenvalue weighted by molar-refractivity contribution is -0.384. The minimum atomic E-state index is -0.462. The molecule has 0 aliphatic rings. The van der Waals surface area contributed by atoms with Crippen molar-refractivity contribution in [1.82, 2.24) is 5.32 Å². The summed E-state index contributed by atoms with van der Waals surface area (Å²) in [5.41, 5.74) is 0.762. The van der Waals surface area contributed by atoms with Gasteiger partial charge in [0.15, 0.2) is 0 Å². The van der Waals surface area contributed by atoms with E-state index in [2.05, 4.69) is 11.2 Å². The topological polar surface area (TPSA) is 72.2 Å². The van der Waals surface area contributed by atoms with Crippen LogP contribution in [0.15, 0.2) is 30.3 Å². The Labute approximate surface area is 117 Å². The van der Waals surface area contributed by atoms with Gasteiger partial charge < -0.3 is 5.32 Å². The van der Waals surface area contributed by atoms with Crippen LogP contribution in [0.25, 0.3) is 6.08 Å². The number of carbonyl (C=O) groups is 1. The Morgan fingerprint density at radius 3 is 2.65 bits per heavy atom. The highest BCUT2D eigenvalue weighted by Crippen LogP contribution is 2.12. The van der Waals surface area contributed by atoms with Gasteiger partial charge in [-0.2, -0.15) is 0 Å². The maximum absolute atomic E-state index is 11.5. The summed E-state index contributed by atoms with van der Waals surface area (Å²) in [5.74, 6) is 2.35. The molecule has 104 valence electrons. The number of non-ortho nitro benzene ring substituents is 1. The quantitative estimate of drug-likeness (QED) is 0.272. The Kier molecular flexibility index (Phi) is 6.55. The zero-order valence-electron chi connectivity index (χ0n) is 11.0. The fourth-order valence-electron chi connectivity index (χ4n) is 1.50. The van der Waals surface area contributed by atoms with Crippen molar-refractivity contribution in [2.24, 2.45) is 0 Å². The zero-order chi connectivity index (χ0) is 14.8. The fourth-order valence-corrected chi connectivity index (χ4v) is 1.50. The van der Waals surface area contributed by atoms with Gasteiger partial charge in [-0.3, -0.25) is 14.9 Å². The van der Waals surface area contributed by atoms with Crippen LogP contribution in [-0.4, -0.2) is 17.4 Å². The molecule has 0 heterocycles. The van der Waals surface area contributed by atoms with Gasteiger partial charge in [0, 0.05) is 31.2 Å². The highest BCUT2D eigenvalue weighted by atomic mass is 16.6. The van der Waals surface area contributed by atoms with Crippen LogP contribution in [0.1, 0.15) is 24.8 Å². The van der Waals surface area contributed by atoms with Crippen LogP contribution in [0.3, 0.4) is 0 Å². The predicted octanol–water partition coefficient (Wildman–Crippen LogP) is 2.53. The maximum atomic E-state index is 11.5. The van der Waals surface area contributed by atoms with Crippen molar-refractivity contribution in [2.45, 2.75) is 19.3 Å². The van der Waals surface area contributed by atoms with E-state index in [0.29, 0.717) is 13.0 Å². The molecular weight excluding hydrogens is 256 g/mol. The van der Waals surface area contributed by atoms with Gasteiger partial charge >= 0.3 is 0 Å². The number of terminal acetylenes is 1. The number of hydrogen-bond donors (Lipinski definition) is 1. The van der Waals surface area contributed by atoms with Crippen LogP contribution in [-0.2, 0) is 4.79 Å². The third-order valence-electron chi connectivity index (χ3n) is 2.58. The lowest BCUT2D eigenvalue weighted by Crippen LogP contribution is -2.21. The maximum Gasteiger partial charge on any atom is 0.269 e. The number of nitrogens with zero attached hydrogens (tertiary/aromatic N) is 1. The van der Waals surface area contributed by atoms with Crippen molar-refractivity contribution in [3.05, 3.63) is 46.0 Å². The first-order valence-corrected chi connectivity index (χ1v) is 6.27. The number of carbonyl (C=O) groups excluding carboxylic acids is 1. The Morgan fingerprint density at radius 2 is 2.05 bits per heavy atom. The van der Waals surface area contributed by atoms with Crippen molar-refractivity contribution in [3.8, 4) is 12.3 Å². The molecule has 1 rings (SSSR count). The third-order valence-corrected chi connectivity index (χ3v) is 2.58. The smallest absolute Gasteiger partial charge is 0.269 e. The first-order chi connectivity index (χ1) is 9.63. The number of unbranched alkanes of at least 4 members (excludes halogenated alkanes) is 2. The van der Waals surface area contributed by atoms with Gasteiger partial charge in [0.25, 0.3) is 5.69 Å². The Bertz CT molecular complexity index is 527. The van der Waals surface area contributed by atoms with Gasteiger partial charge in [0.05, 0.1) is 4.92 Å². The summed E-state index contributed by atoms with van der Waals surface area (Å²) in [5, 5.41) is 13.2. The summed E-state index contributed by atoms with van der Waals surface area (Å²) in [7, 11) is 0. The van der Waals surface area contributed by atoms with Crippen molar-refractivity contribution < 1.29 is 9.72 Å². The number of amides is 1. The van der Waals surface area contributed by atoms with Crippen molar-refractivity contribution in [1.29, 1.82) is 0 Å². The van der Waals surface area contributed by atoms with Gasteiger partial charge in [-0.05, 0) is 36.6 Å². The molecule has 0 spiro atoms. The number of nitrogens with one attached hydrogen (secondary N) is 1. The molecule has 0 aromatic heterocycles. The van der Waals surface area contributed by atoms with E-state index in [4.69, 9.17) is 6.42 Å². The molecular formula is C15H16N2O3. The van der Waals surface area contributed by atoms with Gasteiger partial charge in [-0.15, -0.1) is 12.3 Å². The van der Waals surface area contributed by atoms with E-state index in [1.54, 1.807) is 18.2 Å². The molecule has 20 heavy (non-hydrogen) atoms. The van der Waals surface area contributed by atoms with Crippen molar-refractivity contribution in [3.63, 3.8) is 0 Å². The molecule has 0 unspecified atom stereocenters. The lowest BCUT2D eigenvalue weighted by atomic mass is 10.2. The molecule has 0 aliphatic carbocycles. The number of nitro benzene ring substituents is 1. The molecule has 0 radical (unpaired) electrons. The average molecular weight is 272 g/mol. The van der Waals surface area contributed by atoms with Crippen LogP contribution in [0.5, 0.6) is 0 Å². The first kappa shape index (κ1) is 15.4. The average Bonchev–Trinajstić information content (AvgIpc) is 2.45. The van der Waals surface area contributed by atoms with Crippen molar-refractivity contribution in [2.75, 3.05) is 6.54 Å². The number of benzene rings is 1. The standard InChI is InChI=1S/C15H16N2O3/c1-2-3-4-5-12-16-15(18)11-8-13-6-9-14(10-7-13)17(19)20/h1,6-11H,3-5,12H2,(H,16,18)/b11-8+. The first-order valence-electron chi connectivity index (χ1n) is 6.27. The van der Waals surface area contributed by atoms with Gasteiger partial charge in [-0.25, -0.2) is 0 Å². The molecule has 0 aliphatic heterocycles. The molecule has 1 N–H and O–H groups in total. The van der Waals surface area contributed by atoms with E-state index in [9.17, 15) is 14.9 Å². The summed E-state index contributed by atoms with van der Waals surface area (Å²) in [6.07, 6.45) is 10.6. The monoisotopic (exact) mass is 272 g/mol. The largest absolute Gasteiger partial charge is 0.353 e. The molecule has 5 heteroatoms. The zero-order valence-corrected chi connectivity index (χ0v) is 11.0. The molecule has 1 amide bonds. The second kappa shape index (κ2) is 8.48. The Balaban J connectivity index is 2.37. The molecule has 0 saturated carbocycles. The molecule has 1 aromatic carbocycles. The van der Waals surface area contributed by atoms with Gasteiger partial charge in [0.2, 0.25) is 5.91 Å². The van der Waals surface area contributed by atoms with Crippen LogP contribution in [0.2, 0.25) is 0 Å². The van der Waals surface area contributed by atoms with E-state index < -0.39 is 4.92 Å². The van der Waals surface area contributed by atoms with E-state index in [1.807, 2.05) is 0 Å². The van der Waals surface area contributed by atoms with E-state index in [0.717, 1.165) is 18.4 Å². The summed E-state index contributed by atoms with van der Waals surface area (Å²) in [6.45, 7) is 0.588. The number of rotatable bonds is 7. The SMILES string of the molecule is C#CCCCCNC(=O)/C=C/c1ccc([N+](=O)[O-])cc1. The Morgan fingerprint density at radius 1 is 1.35 bits per heavy atom. The molecule has 5 nitrogen and oxygen atoms in total. The van der Waals surface area contributed by atoms with Crippen LogP contribution < -0.4 is 5.32 Å². The minimum Gasteiger partial charge on any atom is -0.353 e. The van der Waals surface area contributed by atoms with E-state index >= 15 is 0 Å². The molecule has 0 bridgehead atoms. The van der Waals surface area contributed by atoms with Gasteiger partial charge in [0.1, 0.15) is 0 Å². The molecule has 0 atom stereocenters. The lowest BCUT2D eigenvalue weighted by Gasteiger charge is -2.00. The molecule has 1 aromatic rings. The van der Waals surface area contributed by atoms with E-state index in [1.165, 1.54) is 18.2 Å². The molecule has 0 saturated heterocycles. The second-order valence-corrected chi connectivity index (χ2v) is 4.13. The summed E-state index contributed by atoms with van der Waals surface area (Å²) < 4.78 is 0. The second-order valence-electron chi connectivity index (χ2n) is 4.13. The minimum absolute atomic E-state index is 0.0279. The van der Waals surface area contributed by atoms with E-state index in [-0.39, 0.29) is 11.6 Å². The van der Waals surface area contributed by atoms with Crippen molar-refractivity contribution >= 4 is 17.7 Å². The van der Waals surface area contributed by atoms with Gasteiger partial charge in [-0.1, -0.05) is 0 Å². The number of hydrogen-bond acceptors (Lipinski definition) is 3. The highest BCUT2D eigenvalue weighted by Gasteiger charge is 2.02. The normalized spacial score (nSPS) is 10.2. The number of nitro groups is 1. The fraction of sp³-hybridized carbons (Fsp3) is 0.267.